The summed E-state index contributed by atoms with van der Waals surface area (Å²) in [6, 6.07) is 5.51. The number of ether oxygens (including phenoxy) is 1. The van der Waals surface area contributed by atoms with Gasteiger partial charge < -0.3 is 21.1 Å². The third kappa shape index (κ3) is 2.65. The van der Waals surface area contributed by atoms with E-state index >= 15 is 0 Å². The second-order valence-electron chi connectivity index (χ2n) is 4.80. The van der Waals surface area contributed by atoms with Gasteiger partial charge in [-0.2, -0.15) is 0 Å². The third-order valence-electron chi connectivity index (χ3n) is 3.11. The predicted molar refractivity (Wildman–Crippen MR) is 75.6 cm³/mol. The molecule has 1 amide bonds. The van der Waals surface area contributed by atoms with Crippen molar-refractivity contribution in [2.24, 2.45) is 11.7 Å². The summed E-state index contributed by atoms with van der Waals surface area (Å²) in [5.41, 5.74) is 9.27. The molecule has 1 heterocycles. The van der Waals surface area contributed by atoms with Crippen LogP contribution >= 0.6 is 0 Å². The summed E-state index contributed by atoms with van der Waals surface area (Å²) in [6.45, 7) is 4.24. The highest BCUT2D eigenvalue weighted by Gasteiger charge is 2.20. The Morgan fingerprint density at radius 2 is 2.16 bits per heavy atom. The number of nitrogens with two attached hydrogens (primary N) is 1. The van der Waals surface area contributed by atoms with Gasteiger partial charge >= 0.3 is 0 Å². The van der Waals surface area contributed by atoms with Gasteiger partial charge in [-0.25, -0.2) is 0 Å². The number of allylic oxidation sites excluding steroid dienone is 1. The molecule has 0 aliphatic carbocycles. The summed E-state index contributed by atoms with van der Waals surface area (Å²) in [7, 11) is 1.61. The van der Waals surface area contributed by atoms with Gasteiger partial charge in [-0.1, -0.05) is 13.8 Å². The van der Waals surface area contributed by atoms with Crippen molar-refractivity contribution >= 4 is 17.3 Å². The fourth-order valence-corrected chi connectivity index (χ4v) is 1.97. The molecular formula is C14H19N3O2. The summed E-state index contributed by atoms with van der Waals surface area (Å²) in [5.74, 6) is 0.832. The first-order valence-corrected chi connectivity index (χ1v) is 6.24. The molecule has 0 spiro atoms. The molecule has 0 radical (unpaired) electrons. The molecule has 0 aromatic heterocycles. The summed E-state index contributed by atoms with van der Waals surface area (Å²) in [5, 5.41) is 5.96. The van der Waals surface area contributed by atoms with E-state index in [0.717, 1.165) is 28.4 Å². The van der Waals surface area contributed by atoms with E-state index in [1.54, 1.807) is 7.11 Å². The Labute approximate surface area is 112 Å². The molecule has 1 aromatic carbocycles. The molecule has 0 saturated carbocycles. The zero-order valence-corrected chi connectivity index (χ0v) is 11.4. The van der Waals surface area contributed by atoms with Crippen molar-refractivity contribution in [2.45, 2.75) is 13.8 Å². The molecule has 0 bridgehead atoms. The van der Waals surface area contributed by atoms with E-state index in [9.17, 15) is 4.79 Å². The standard InChI is InChI=1S/C14H19N3O2/c1-8(2)13(15)14-10-6-9(19-3)4-5-11(10)17-12(18)7-16-14/h4-6,8,16H,7,15H2,1-3H3,(H,17,18)/b14-13-. The lowest BCUT2D eigenvalue weighted by molar-refractivity contribution is -0.115. The molecule has 1 aromatic rings. The first-order valence-electron chi connectivity index (χ1n) is 6.24. The van der Waals surface area contributed by atoms with E-state index in [1.165, 1.54) is 0 Å². The number of nitrogens with one attached hydrogen (secondary N) is 2. The summed E-state index contributed by atoms with van der Waals surface area (Å²) >= 11 is 0. The van der Waals surface area contributed by atoms with Crippen molar-refractivity contribution in [1.29, 1.82) is 0 Å². The van der Waals surface area contributed by atoms with Gasteiger partial charge in [0.2, 0.25) is 5.91 Å². The lowest BCUT2D eigenvalue weighted by Gasteiger charge is -2.16. The van der Waals surface area contributed by atoms with Crippen LogP contribution in [0, 0.1) is 5.92 Å². The monoisotopic (exact) mass is 261 g/mol. The number of methoxy groups -OCH3 is 1. The van der Waals surface area contributed by atoms with Crippen LogP contribution < -0.4 is 21.1 Å². The SMILES string of the molecule is COc1ccc2c(c1)/C(=C(/N)C(C)C)NCC(=O)N2. The molecule has 19 heavy (non-hydrogen) atoms. The van der Waals surface area contributed by atoms with Crippen LogP contribution in [-0.2, 0) is 4.79 Å². The Kier molecular flexibility index (Phi) is 3.64. The van der Waals surface area contributed by atoms with Crippen molar-refractivity contribution < 1.29 is 9.53 Å². The van der Waals surface area contributed by atoms with E-state index in [-0.39, 0.29) is 18.4 Å². The number of carbonyl (C=O) groups is 1. The minimum atomic E-state index is -0.0852. The third-order valence-corrected chi connectivity index (χ3v) is 3.11. The van der Waals surface area contributed by atoms with Crippen LogP contribution in [0.1, 0.15) is 19.4 Å². The van der Waals surface area contributed by atoms with Crippen molar-refractivity contribution in [1.82, 2.24) is 5.32 Å². The molecular weight excluding hydrogens is 242 g/mol. The largest absolute Gasteiger partial charge is 0.497 e. The van der Waals surface area contributed by atoms with E-state index < -0.39 is 0 Å². The van der Waals surface area contributed by atoms with Crippen LogP contribution in [0.4, 0.5) is 5.69 Å². The fraction of sp³-hybridized carbons (Fsp3) is 0.357. The zero-order chi connectivity index (χ0) is 14.0. The predicted octanol–water partition coefficient (Wildman–Crippen LogP) is 1.52. The van der Waals surface area contributed by atoms with Gasteiger partial charge in [0, 0.05) is 11.3 Å². The maximum Gasteiger partial charge on any atom is 0.243 e. The van der Waals surface area contributed by atoms with Gasteiger partial charge in [0.1, 0.15) is 5.75 Å². The topological polar surface area (TPSA) is 76.4 Å². The maximum absolute atomic E-state index is 11.7. The number of hydrogen-bond acceptors (Lipinski definition) is 4. The highest BCUT2D eigenvalue weighted by Crippen LogP contribution is 2.30. The van der Waals surface area contributed by atoms with Crippen molar-refractivity contribution in [3.05, 3.63) is 29.5 Å². The summed E-state index contributed by atoms with van der Waals surface area (Å²) < 4.78 is 5.23. The second-order valence-corrected chi connectivity index (χ2v) is 4.80. The first kappa shape index (κ1) is 13.3. The van der Waals surface area contributed by atoms with E-state index in [0.29, 0.717) is 0 Å². The van der Waals surface area contributed by atoms with Gasteiger partial charge in [0.15, 0.2) is 0 Å². The zero-order valence-electron chi connectivity index (χ0n) is 11.4. The Bertz CT molecular complexity index is 535. The second kappa shape index (κ2) is 5.22. The van der Waals surface area contributed by atoms with Gasteiger partial charge in [0.05, 0.1) is 25.0 Å². The molecule has 0 atom stereocenters. The van der Waals surface area contributed by atoms with Crippen LogP contribution in [0.2, 0.25) is 0 Å². The number of carbonyl (C=O) groups excluding carboxylic acids is 1. The van der Waals surface area contributed by atoms with Crippen molar-refractivity contribution in [2.75, 3.05) is 19.0 Å². The number of benzene rings is 1. The molecule has 0 fully saturated rings. The molecule has 1 aliphatic heterocycles. The van der Waals surface area contributed by atoms with E-state index in [4.69, 9.17) is 10.5 Å². The van der Waals surface area contributed by atoms with E-state index in [1.807, 2.05) is 32.0 Å². The van der Waals surface area contributed by atoms with Gasteiger partial charge in [-0.15, -0.1) is 0 Å². The van der Waals surface area contributed by atoms with Crippen LogP contribution in [0.25, 0.3) is 5.70 Å². The Morgan fingerprint density at radius 1 is 1.42 bits per heavy atom. The average molecular weight is 261 g/mol. The summed E-state index contributed by atoms with van der Waals surface area (Å²) in [4.78, 5) is 11.7. The quantitative estimate of drug-likeness (QED) is 0.754. The van der Waals surface area contributed by atoms with Crippen LogP contribution in [0.5, 0.6) is 5.75 Å². The number of rotatable bonds is 2. The molecule has 1 aliphatic rings. The molecule has 2 rings (SSSR count). The molecule has 5 nitrogen and oxygen atoms in total. The minimum absolute atomic E-state index is 0.0852. The van der Waals surface area contributed by atoms with Gasteiger partial charge in [0.25, 0.3) is 0 Å². The fourth-order valence-electron chi connectivity index (χ4n) is 1.97. The van der Waals surface area contributed by atoms with E-state index in [2.05, 4.69) is 10.6 Å². The average Bonchev–Trinajstić information content (AvgIpc) is 2.55. The van der Waals surface area contributed by atoms with Crippen LogP contribution in [-0.4, -0.2) is 19.6 Å². The number of anilines is 1. The number of fused-ring (bicyclic) bond motifs is 1. The summed E-state index contributed by atoms with van der Waals surface area (Å²) in [6.07, 6.45) is 0. The Hall–Kier alpha value is -2.17. The maximum atomic E-state index is 11.7. The van der Waals surface area contributed by atoms with Gasteiger partial charge in [-0.05, 0) is 24.1 Å². The van der Waals surface area contributed by atoms with Gasteiger partial charge in [-0.3, -0.25) is 4.79 Å². The molecule has 4 N–H and O–H groups in total. The van der Waals surface area contributed by atoms with Crippen LogP contribution in [0.3, 0.4) is 0 Å². The normalized spacial score (nSPS) is 17.2. The highest BCUT2D eigenvalue weighted by atomic mass is 16.5. The first-order chi connectivity index (χ1) is 9.02. The highest BCUT2D eigenvalue weighted by molar-refractivity contribution is 5.98. The number of amides is 1. The Morgan fingerprint density at radius 3 is 2.79 bits per heavy atom. The Balaban J connectivity index is 2.60. The molecule has 0 unspecified atom stereocenters. The smallest absolute Gasteiger partial charge is 0.243 e. The van der Waals surface area contributed by atoms with Crippen molar-refractivity contribution in [3.8, 4) is 5.75 Å². The minimum Gasteiger partial charge on any atom is -0.497 e. The molecule has 5 heteroatoms. The number of hydrogen-bond donors (Lipinski definition) is 3. The van der Waals surface area contributed by atoms with Crippen molar-refractivity contribution in [3.63, 3.8) is 0 Å². The van der Waals surface area contributed by atoms with Crippen LogP contribution in [0.15, 0.2) is 23.9 Å². The lowest BCUT2D eigenvalue weighted by atomic mass is 10.0. The molecule has 102 valence electrons. The lowest BCUT2D eigenvalue weighted by Crippen LogP contribution is -2.25. The molecule has 0 saturated heterocycles.